The Morgan fingerprint density at radius 3 is 2.25 bits per heavy atom. The average molecular weight is 332 g/mol. The highest BCUT2D eigenvalue weighted by atomic mass is 16.5. The molecule has 1 unspecified atom stereocenters. The summed E-state index contributed by atoms with van der Waals surface area (Å²) in [4.78, 5) is 12.5. The van der Waals surface area contributed by atoms with Crippen LogP contribution in [0.2, 0.25) is 0 Å². The number of carbonyl (C=O) groups is 1. The first-order chi connectivity index (χ1) is 11.0. The van der Waals surface area contributed by atoms with Crippen molar-refractivity contribution in [3.8, 4) is 11.8 Å². The van der Waals surface area contributed by atoms with Gasteiger partial charge in [0.05, 0.1) is 17.7 Å². The summed E-state index contributed by atoms with van der Waals surface area (Å²) in [5.74, 6) is 0.381. The maximum Gasteiger partial charge on any atom is 0.263 e. The maximum absolute atomic E-state index is 12.5. The fraction of sp³-hybridized carbons (Fsp3) is 0.579. The van der Waals surface area contributed by atoms with Crippen LogP contribution >= 0.6 is 0 Å². The van der Waals surface area contributed by atoms with Gasteiger partial charge in [-0.05, 0) is 44.0 Å². The third-order valence-corrected chi connectivity index (χ3v) is 4.04. The number of rotatable bonds is 7. The molecule has 0 radical (unpaired) electrons. The van der Waals surface area contributed by atoms with E-state index in [2.05, 4.69) is 5.32 Å². The fourth-order valence-electron chi connectivity index (χ4n) is 2.47. The Bertz CT molecular complexity index is 598. The highest BCUT2D eigenvalue weighted by Crippen LogP contribution is 2.26. The van der Waals surface area contributed by atoms with Crippen LogP contribution in [-0.4, -0.2) is 29.3 Å². The van der Waals surface area contributed by atoms with E-state index in [1.165, 1.54) is 0 Å². The molecule has 2 N–H and O–H groups in total. The summed E-state index contributed by atoms with van der Waals surface area (Å²) in [6.45, 7) is 11.5. The van der Waals surface area contributed by atoms with Crippen LogP contribution in [0.5, 0.6) is 5.75 Å². The minimum absolute atomic E-state index is 0.111. The first kappa shape index (κ1) is 20.0. The summed E-state index contributed by atoms with van der Waals surface area (Å²) >= 11 is 0. The molecule has 132 valence electrons. The number of amides is 1. The van der Waals surface area contributed by atoms with Crippen molar-refractivity contribution in [1.82, 2.24) is 5.32 Å². The number of hydrogen-bond acceptors (Lipinski definition) is 4. The summed E-state index contributed by atoms with van der Waals surface area (Å²) in [5, 5.41) is 21.9. The third-order valence-electron chi connectivity index (χ3n) is 4.04. The van der Waals surface area contributed by atoms with Gasteiger partial charge in [-0.3, -0.25) is 4.79 Å². The smallest absolute Gasteiger partial charge is 0.263 e. The van der Waals surface area contributed by atoms with Gasteiger partial charge in [-0.2, -0.15) is 5.26 Å². The molecule has 0 aliphatic heterocycles. The number of nitriles is 1. The summed E-state index contributed by atoms with van der Waals surface area (Å²) in [6, 6.07) is 8.66. The molecular formula is C19H28N2O3. The largest absolute Gasteiger partial charge is 0.478 e. The Balaban J connectivity index is 2.69. The van der Waals surface area contributed by atoms with Crippen molar-refractivity contribution in [1.29, 1.82) is 5.26 Å². The Kier molecular flexibility index (Phi) is 6.39. The zero-order chi connectivity index (χ0) is 18.5. The molecule has 1 aromatic rings. The van der Waals surface area contributed by atoms with Crippen LogP contribution in [0.25, 0.3) is 0 Å². The van der Waals surface area contributed by atoms with Crippen molar-refractivity contribution in [2.45, 2.75) is 53.2 Å². The Morgan fingerprint density at radius 1 is 1.25 bits per heavy atom. The number of hydrogen-bond donors (Lipinski definition) is 2. The lowest BCUT2D eigenvalue weighted by Gasteiger charge is -2.34. The molecule has 5 heteroatoms. The number of carbonyl (C=O) groups excluding carboxylic acids is 1. The van der Waals surface area contributed by atoms with E-state index < -0.39 is 17.1 Å². The van der Waals surface area contributed by atoms with Gasteiger partial charge in [0.2, 0.25) is 0 Å². The van der Waals surface area contributed by atoms with Crippen molar-refractivity contribution in [3.05, 3.63) is 29.8 Å². The first-order valence-electron chi connectivity index (χ1n) is 8.15. The zero-order valence-electron chi connectivity index (χ0n) is 15.4. The van der Waals surface area contributed by atoms with E-state index in [0.29, 0.717) is 17.9 Å². The van der Waals surface area contributed by atoms with E-state index in [4.69, 9.17) is 10.00 Å². The molecule has 0 heterocycles. The Hall–Kier alpha value is -2.06. The lowest BCUT2D eigenvalue weighted by molar-refractivity contribution is -0.135. The van der Waals surface area contributed by atoms with E-state index in [9.17, 15) is 9.90 Å². The number of nitrogens with zero attached hydrogens (tertiary/aromatic N) is 1. The van der Waals surface area contributed by atoms with Gasteiger partial charge in [0.15, 0.2) is 5.60 Å². The van der Waals surface area contributed by atoms with Crippen molar-refractivity contribution < 1.29 is 14.6 Å². The number of ether oxygens (including phenoxy) is 1. The molecule has 0 saturated carbocycles. The van der Waals surface area contributed by atoms with E-state index in [1.807, 2.05) is 33.8 Å². The second kappa shape index (κ2) is 7.67. The normalized spacial score (nSPS) is 13.3. The number of benzene rings is 1. The molecule has 1 atom stereocenters. The van der Waals surface area contributed by atoms with Gasteiger partial charge in [-0.15, -0.1) is 0 Å². The van der Waals surface area contributed by atoms with Crippen LogP contribution in [0, 0.1) is 22.7 Å². The second-order valence-corrected chi connectivity index (χ2v) is 7.61. The predicted octanol–water partition coefficient (Wildman–Crippen LogP) is 2.87. The molecule has 0 aromatic heterocycles. The Labute approximate surface area is 144 Å². The Morgan fingerprint density at radius 2 is 1.79 bits per heavy atom. The molecule has 24 heavy (non-hydrogen) atoms. The highest BCUT2D eigenvalue weighted by molar-refractivity contribution is 5.84. The standard InChI is InChI=1S/C19H28N2O3/c1-13(2)16(22)18(3,4)12-21-17(23)19(5,6)24-15-9-7-14(11-20)8-10-15/h7-10,13,16,22H,12H2,1-6H3,(H,21,23). The van der Waals surface area contributed by atoms with Gasteiger partial charge >= 0.3 is 0 Å². The van der Waals surface area contributed by atoms with E-state index in [1.54, 1.807) is 38.1 Å². The third kappa shape index (κ3) is 5.24. The minimum atomic E-state index is -1.06. The van der Waals surface area contributed by atoms with Gasteiger partial charge in [0, 0.05) is 12.0 Å². The molecule has 1 amide bonds. The molecule has 0 aliphatic carbocycles. The minimum Gasteiger partial charge on any atom is -0.478 e. The molecule has 5 nitrogen and oxygen atoms in total. The average Bonchev–Trinajstić information content (AvgIpc) is 2.52. The molecule has 0 aliphatic rings. The summed E-state index contributed by atoms with van der Waals surface area (Å²) in [6.07, 6.45) is -0.514. The van der Waals surface area contributed by atoms with Gasteiger partial charge in [0.1, 0.15) is 5.75 Å². The maximum atomic E-state index is 12.5. The molecule has 1 rings (SSSR count). The number of aliphatic hydroxyl groups is 1. The highest BCUT2D eigenvalue weighted by Gasteiger charge is 2.34. The van der Waals surface area contributed by atoms with Crippen LogP contribution in [0.1, 0.15) is 47.1 Å². The predicted molar refractivity (Wildman–Crippen MR) is 93.5 cm³/mol. The molecular weight excluding hydrogens is 304 g/mol. The quantitative estimate of drug-likeness (QED) is 0.804. The fourth-order valence-corrected chi connectivity index (χ4v) is 2.47. The molecule has 0 fully saturated rings. The zero-order valence-corrected chi connectivity index (χ0v) is 15.4. The van der Waals surface area contributed by atoms with Gasteiger partial charge in [-0.1, -0.05) is 27.7 Å². The van der Waals surface area contributed by atoms with Crippen LogP contribution in [-0.2, 0) is 4.79 Å². The molecule has 0 saturated heterocycles. The molecule has 0 spiro atoms. The lowest BCUT2D eigenvalue weighted by atomic mass is 9.80. The van der Waals surface area contributed by atoms with Crippen LogP contribution in [0.4, 0.5) is 0 Å². The number of aliphatic hydroxyl groups excluding tert-OH is 1. The number of nitrogens with one attached hydrogen (secondary N) is 1. The van der Waals surface area contributed by atoms with Crippen LogP contribution in [0.15, 0.2) is 24.3 Å². The van der Waals surface area contributed by atoms with Crippen molar-refractivity contribution in [2.24, 2.45) is 11.3 Å². The first-order valence-corrected chi connectivity index (χ1v) is 8.15. The summed E-state index contributed by atoms with van der Waals surface area (Å²) < 4.78 is 5.75. The van der Waals surface area contributed by atoms with E-state index in [-0.39, 0.29) is 11.8 Å². The molecule has 1 aromatic carbocycles. The van der Waals surface area contributed by atoms with Crippen LogP contribution in [0.3, 0.4) is 0 Å². The summed E-state index contributed by atoms with van der Waals surface area (Å²) in [5.41, 5.74) is -0.962. The lowest BCUT2D eigenvalue weighted by Crippen LogP contribution is -2.51. The van der Waals surface area contributed by atoms with Gasteiger partial charge < -0.3 is 15.2 Å². The van der Waals surface area contributed by atoms with Crippen molar-refractivity contribution in [3.63, 3.8) is 0 Å². The van der Waals surface area contributed by atoms with Gasteiger partial charge in [0.25, 0.3) is 5.91 Å². The van der Waals surface area contributed by atoms with E-state index >= 15 is 0 Å². The topological polar surface area (TPSA) is 82.3 Å². The van der Waals surface area contributed by atoms with Crippen LogP contribution < -0.4 is 10.1 Å². The van der Waals surface area contributed by atoms with Gasteiger partial charge in [-0.25, -0.2) is 0 Å². The second-order valence-electron chi connectivity index (χ2n) is 7.61. The molecule has 0 bridgehead atoms. The van der Waals surface area contributed by atoms with Crippen molar-refractivity contribution >= 4 is 5.91 Å². The SMILES string of the molecule is CC(C)C(O)C(C)(C)CNC(=O)C(C)(C)Oc1ccc(C#N)cc1. The van der Waals surface area contributed by atoms with Crippen molar-refractivity contribution in [2.75, 3.05) is 6.54 Å². The monoisotopic (exact) mass is 332 g/mol. The summed E-state index contributed by atoms with van der Waals surface area (Å²) in [7, 11) is 0. The van der Waals surface area contributed by atoms with E-state index in [0.717, 1.165) is 0 Å².